The van der Waals surface area contributed by atoms with Gasteiger partial charge in [0.1, 0.15) is 5.82 Å². The van der Waals surface area contributed by atoms with Gasteiger partial charge < -0.3 is 20.1 Å². The first kappa shape index (κ1) is 19.8. The second-order valence-electron chi connectivity index (χ2n) is 7.32. The molecule has 2 heterocycles. The number of hydrogen-bond donors (Lipinski definition) is 2. The molecule has 3 unspecified atom stereocenters. The van der Waals surface area contributed by atoms with Crippen molar-refractivity contribution in [2.24, 2.45) is 0 Å². The summed E-state index contributed by atoms with van der Waals surface area (Å²) in [5.41, 5.74) is -0.732. The number of nitrogens with one attached hydrogen (secondary N) is 1. The summed E-state index contributed by atoms with van der Waals surface area (Å²) in [6, 6.07) is 12.1. The van der Waals surface area contributed by atoms with Gasteiger partial charge in [0.2, 0.25) is 0 Å². The number of anilines is 1. The molecule has 2 N–H and O–H groups in total. The van der Waals surface area contributed by atoms with Crippen LogP contribution in [0.5, 0.6) is 0 Å². The molecule has 7 nitrogen and oxygen atoms in total. The second kappa shape index (κ2) is 7.98. The van der Waals surface area contributed by atoms with Crippen LogP contribution >= 0.6 is 0 Å². The lowest BCUT2D eigenvalue weighted by atomic mass is 9.91. The molecular formula is C21H25N3O4. The number of nitrogens with zero attached hydrogens (tertiary/aromatic N) is 2. The predicted octanol–water partition coefficient (Wildman–Crippen LogP) is 2.43. The maximum absolute atomic E-state index is 12.7. The third-order valence-corrected chi connectivity index (χ3v) is 4.90. The summed E-state index contributed by atoms with van der Waals surface area (Å²) in [7, 11) is 0. The Bertz CT molecular complexity index is 830. The largest absolute Gasteiger partial charge is 0.479 e. The quantitative estimate of drug-likeness (QED) is 0.824. The van der Waals surface area contributed by atoms with Gasteiger partial charge in [-0.25, -0.2) is 9.78 Å². The van der Waals surface area contributed by atoms with Gasteiger partial charge in [-0.05, 0) is 38.5 Å². The molecule has 1 saturated heterocycles. The number of amides is 1. The Hall–Kier alpha value is -2.93. The van der Waals surface area contributed by atoms with E-state index in [1.165, 1.54) is 13.1 Å². The molecule has 0 saturated carbocycles. The monoisotopic (exact) mass is 383 g/mol. The summed E-state index contributed by atoms with van der Waals surface area (Å²) in [6.07, 6.45) is 1.69. The molecule has 28 heavy (non-hydrogen) atoms. The highest BCUT2D eigenvalue weighted by molar-refractivity contribution is 5.98. The third-order valence-electron chi connectivity index (χ3n) is 4.90. The SMILES string of the molecule is CC1CN(c2ccc(C(=O)NC(C)(C(=O)O)c3ccccc3)cn2)CC(C)O1. The van der Waals surface area contributed by atoms with E-state index in [1.54, 1.807) is 42.5 Å². The lowest BCUT2D eigenvalue weighted by Crippen LogP contribution is -2.49. The number of benzene rings is 1. The zero-order chi connectivity index (χ0) is 20.3. The summed E-state index contributed by atoms with van der Waals surface area (Å²) in [6.45, 7) is 6.96. The van der Waals surface area contributed by atoms with Crippen LogP contribution < -0.4 is 10.2 Å². The Balaban J connectivity index is 1.76. The van der Waals surface area contributed by atoms with E-state index in [-0.39, 0.29) is 12.2 Å². The molecule has 0 spiro atoms. The molecule has 3 atom stereocenters. The number of hydrogen-bond acceptors (Lipinski definition) is 5. The van der Waals surface area contributed by atoms with Gasteiger partial charge in [-0.2, -0.15) is 0 Å². The van der Waals surface area contributed by atoms with Crippen molar-refractivity contribution in [2.75, 3.05) is 18.0 Å². The smallest absolute Gasteiger partial charge is 0.333 e. The van der Waals surface area contributed by atoms with Crippen molar-refractivity contribution in [1.29, 1.82) is 0 Å². The van der Waals surface area contributed by atoms with E-state index in [0.717, 1.165) is 18.9 Å². The molecule has 3 rings (SSSR count). The Morgan fingerprint density at radius 1 is 1.14 bits per heavy atom. The van der Waals surface area contributed by atoms with E-state index in [0.29, 0.717) is 11.1 Å². The molecule has 7 heteroatoms. The molecular weight excluding hydrogens is 358 g/mol. The fraction of sp³-hybridized carbons (Fsp3) is 0.381. The normalized spacial score (nSPS) is 21.6. The molecule has 1 aliphatic heterocycles. The van der Waals surface area contributed by atoms with Gasteiger partial charge in [0, 0.05) is 19.3 Å². The van der Waals surface area contributed by atoms with Crippen LogP contribution in [0.25, 0.3) is 0 Å². The average Bonchev–Trinajstić information content (AvgIpc) is 2.67. The highest BCUT2D eigenvalue weighted by Crippen LogP contribution is 2.22. The number of carbonyl (C=O) groups is 2. The molecule has 0 bridgehead atoms. The van der Waals surface area contributed by atoms with Crippen molar-refractivity contribution in [2.45, 2.75) is 38.5 Å². The summed E-state index contributed by atoms with van der Waals surface area (Å²) < 4.78 is 5.73. The number of morpholine rings is 1. The zero-order valence-corrected chi connectivity index (χ0v) is 16.3. The Labute approximate surface area is 164 Å². The minimum Gasteiger partial charge on any atom is -0.479 e. The van der Waals surface area contributed by atoms with E-state index in [1.807, 2.05) is 13.8 Å². The van der Waals surface area contributed by atoms with Gasteiger partial charge in [0.15, 0.2) is 5.54 Å². The van der Waals surface area contributed by atoms with E-state index in [2.05, 4.69) is 15.2 Å². The fourth-order valence-electron chi connectivity index (χ4n) is 3.39. The molecule has 1 aromatic heterocycles. The van der Waals surface area contributed by atoms with Crippen LogP contribution in [0, 0.1) is 0 Å². The van der Waals surface area contributed by atoms with Crippen LogP contribution in [0.3, 0.4) is 0 Å². The van der Waals surface area contributed by atoms with Gasteiger partial charge in [0.25, 0.3) is 5.91 Å². The highest BCUT2D eigenvalue weighted by atomic mass is 16.5. The first-order chi connectivity index (χ1) is 13.3. The minimum absolute atomic E-state index is 0.107. The van der Waals surface area contributed by atoms with E-state index >= 15 is 0 Å². The van der Waals surface area contributed by atoms with E-state index in [4.69, 9.17) is 4.74 Å². The standard InChI is InChI=1S/C21H25N3O4/c1-14-12-24(13-15(2)28-14)18-10-9-16(11-22-18)19(25)23-21(3,20(26)27)17-7-5-4-6-8-17/h4-11,14-15H,12-13H2,1-3H3,(H,23,25)(H,26,27). The van der Waals surface area contributed by atoms with Crippen molar-refractivity contribution in [3.8, 4) is 0 Å². The summed E-state index contributed by atoms with van der Waals surface area (Å²) in [4.78, 5) is 31.1. The van der Waals surface area contributed by atoms with Gasteiger partial charge in [0.05, 0.1) is 17.8 Å². The van der Waals surface area contributed by atoms with Crippen molar-refractivity contribution >= 4 is 17.7 Å². The van der Waals surface area contributed by atoms with Crippen LogP contribution in [-0.4, -0.2) is 47.3 Å². The lowest BCUT2D eigenvalue weighted by molar-refractivity contribution is -0.144. The van der Waals surface area contributed by atoms with Crippen molar-refractivity contribution in [1.82, 2.24) is 10.3 Å². The van der Waals surface area contributed by atoms with Gasteiger partial charge in [-0.3, -0.25) is 4.79 Å². The van der Waals surface area contributed by atoms with Gasteiger partial charge in [-0.1, -0.05) is 30.3 Å². The number of carboxylic acids is 1. The molecule has 1 fully saturated rings. The average molecular weight is 383 g/mol. The number of ether oxygens (including phenoxy) is 1. The number of aromatic nitrogens is 1. The van der Waals surface area contributed by atoms with E-state index in [9.17, 15) is 14.7 Å². The summed E-state index contributed by atoms with van der Waals surface area (Å²) in [5, 5.41) is 12.3. The van der Waals surface area contributed by atoms with Crippen LogP contribution in [0.1, 0.15) is 36.7 Å². The molecule has 148 valence electrons. The molecule has 1 aromatic carbocycles. The maximum atomic E-state index is 12.7. The number of pyridine rings is 1. The Kier molecular flexibility index (Phi) is 5.65. The zero-order valence-electron chi connectivity index (χ0n) is 16.3. The number of aliphatic carboxylic acids is 1. The van der Waals surface area contributed by atoms with Crippen molar-refractivity contribution in [3.05, 3.63) is 59.8 Å². The Morgan fingerprint density at radius 2 is 1.79 bits per heavy atom. The van der Waals surface area contributed by atoms with E-state index < -0.39 is 17.4 Å². The highest BCUT2D eigenvalue weighted by Gasteiger charge is 2.37. The predicted molar refractivity (Wildman–Crippen MR) is 105 cm³/mol. The second-order valence-corrected chi connectivity index (χ2v) is 7.32. The topological polar surface area (TPSA) is 91.8 Å². The van der Waals surface area contributed by atoms with Crippen LogP contribution in [0.4, 0.5) is 5.82 Å². The lowest BCUT2D eigenvalue weighted by Gasteiger charge is -2.36. The molecule has 1 aliphatic rings. The van der Waals surface area contributed by atoms with Crippen LogP contribution in [0.15, 0.2) is 48.7 Å². The van der Waals surface area contributed by atoms with Crippen molar-refractivity contribution in [3.63, 3.8) is 0 Å². The minimum atomic E-state index is -1.54. The summed E-state index contributed by atoms with van der Waals surface area (Å²) in [5.74, 6) is -0.855. The number of rotatable bonds is 5. The molecule has 1 amide bonds. The van der Waals surface area contributed by atoms with Gasteiger partial charge in [-0.15, -0.1) is 0 Å². The number of carboxylic acid groups (broad SMARTS) is 1. The first-order valence-corrected chi connectivity index (χ1v) is 9.27. The van der Waals surface area contributed by atoms with Crippen LogP contribution in [0.2, 0.25) is 0 Å². The maximum Gasteiger partial charge on any atom is 0.333 e. The first-order valence-electron chi connectivity index (χ1n) is 9.27. The Morgan fingerprint density at radius 3 is 2.32 bits per heavy atom. The third kappa shape index (κ3) is 4.14. The fourth-order valence-corrected chi connectivity index (χ4v) is 3.39. The molecule has 0 radical (unpaired) electrons. The van der Waals surface area contributed by atoms with Crippen molar-refractivity contribution < 1.29 is 19.4 Å². The number of carbonyl (C=O) groups excluding carboxylic acids is 1. The van der Waals surface area contributed by atoms with Gasteiger partial charge >= 0.3 is 5.97 Å². The van der Waals surface area contributed by atoms with Crippen LogP contribution in [-0.2, 0) is 15.1 Å². The molecule has 0 aliphatic carbocycles. The molecule has 2 aromatic rings. The summed E-state index contributed by atoms with van der Waals surface area (Å²) >= 11 is 0.